The molecule has 0 spiro atoms. The Bertz CT molecular complexity index is 853. The third-order valence-corrected chi connectivity index (χ3v) is 4.56. The summed E-state index contributed by atoms with van der Waals surface area (Å²) in [6.07, 6.45) is -2.76. The van der Waals surface area contributed by atoms with Crippen molar-refractivity contribution in [3.8, 4) is 0 Å². The molecule has 1 saturated heterocycles. The molecule has 0 aromatic carbocycles. The molecule has 1 aliphatic heterocycles. The van der Waals surface area contributed by atoms with Gasteiger partial charge >= 0.3 is 11.7 Å². The first kappa shape index (κ1) is 23.0. The highest BCUT2D eigenvalue weighted by atomic mass is 16.6. The lowest BCUT2D eigenvalue weighted by Gasteiger charge is -2.27. The van der Waals surface area contributed by atoms with Crippen molar-refractivity contribution < 1.29 is 28.5 Å². The van der Waals surface area contributed by atoms with Crippen LogP contribution >= 0.6 is 0 Å². The lowest BCUT2D eigenvalue weighted by molar-refractivity contribution is -0.168. The van der Waals surface area contributed by atoms with E-state index in [9.17, 15) is 19.2 Å². The van der Waals surface area contributed by atoms with Crippen molar-refractivity contribution in [3.63, 3.8) is 0 Å². The number of nitrogens with one attached hydrogen (secondary N) is 1. The van der Waals surface area contributed by atoms with Crippen molar-refractivity contribution in [1.29, 1.82) is 0 Å². The number of aromatic nitrogens is 2. The van der Waals surface area contributed by atoms with Crippen LogP contribution in [0.2, 0.25) is 0 Å². The van der Waals surface area contributed by atoms with Crippen LogP contribution in [0.25, 0.3) is 0 Å². The quantitative estimate of drug-likeness (QED) is 0.501. The molecule has 0 saturated carbocycles. The molecule has 0 radical (unpaired) electrons. The van der Waals surface area contributed by atoms with Gasteiger partial charge in [0.2, 0.25) is 0 Å². The zero-order valence-corrected chi connectivity index (χ0v) is 17.5. The predicted octanol–water partition coefficient (Wildman–Crippen LogP) is 0.319. The number of methoxy groups -OCH3 is 1. The molecule has 162 valence electrons. The number of hydrogen-bond acceptors (Lipinski definition) is 8. The maximum Gasteiger partial charge on any atom is 0.330 e. The molecule has 1 unspecified atom stereocenters. The number of aldehydes is 1. The lowest BCUT2D eigenvalue weighted by Crippen LogP contribution is -2.44. The highest BCUT2D eigenvalue weighted by molar-refractivity contribution is 5.76. The first-order valence-electron chi connectivity index (χ1n) is 9.28. The first-order valence-corrected chi connectivity index (χ1v) is 9.28. The summed E-state index contributed by atoms with van der Waals surface area (Å²) in [5.74, 6) is -0.544. The van der Waals surface area contributed by atoms with Gasteiger partial charge in [-0.2, -0.15) is 0 Å². The van der Waals surface area contributed by atoms with Crippen molar-refractivity contribution in [1.82, 2.24) is 9.55 Å². The fourth-order valence-electron chi connectivity index (χ4n) is 2.70. The molecule has 10 nitrogen and oxygen atoms in total. The Labute approximate surface area is 168 Å². The number of esters is 1. The highest BCUT2D eigenvalue weighted by Crippen LogP contribution is 2.34. The number of nitrogens with zero attached hydrogens (tertiary/aromatic N) is 1. The zero-order valence-electron chi connectivity index (χ0n) is 17.5. The lowest BCUT2D eigenvalue weighted by atomic mass is 9.97. The maximum absolute atomic E-state index is 12.4. The Balaban J connectivity index is 2.44. The Morgan fingerprint density at radius 2 is 2.00 bits per heavy atom. The Morgan fingerprint density at radius 3 is 2.55 bits per heavy atom. The van der Waals surface area contributed by atoms with Gasteiger partial charge in [-0.05, 0) is 34.6 Å². The molecule has 1 aromatic rings. The minimum Gasteiger partial charge on any atom is -0.456 e. The van der Waals surface area contributed by atoms with Crippen LogP contribution in [-0.2, 0) is 28.5 Å². The minimum absolute atomic E-state index is 0.104. The topological polar surface area (TPSA) is 126 Å². The van der Waals surface area contributed by atoms with Crippen molar-refractivity contribution in [3.05, 3.63) is 32.6 Å². The fourth-order valence-corrected chi connectivity index (χ4v) is 2.70. The van der Waals surface area contributed by atoms with E-state index < -0.39 is 47.2 Å². The van der Waals surface area contributed by atoms with Crippen LogP contribution in [0.1, 0.15) is 39.5 Å². The van der Waals surface area contributed by atoms with Crippen LogP contribution in [0.5, 0.6) is 0 Å². The van der Waals surface area contributed by atoms with E-state index >= 15 is 0 Å². The largest absolute Gasteiger partial charge is 0.456 e. The van der Waals surface area contributed by atoms with Gasteiger partial charge in [0, 0.05) is 18.9 Å². The smallest absolute Gasteiger partial charge is 0.330 e. The van der Waals surface area contributed by atoms with E-state index in [1.807, 2.05) is 0 Å². The predicted molar refractivity (Wildman–Crippen MR) is 102 cm³/mol. The van der Waals surface area contributed by atoms with Crippen molar-refractivity contribution >= 4 is 12.3 Å². The summed E-state index contributed by atoms with van der Waals surface area (Å²) in [6.45, 7) is 8.44. The molecule has 1 aromatic heterocycles. The van der Waals surface area contributed by atoms with Crippen LogP contribution in [0.4, 0.5) is 0 Å². The zero-order chi connectivity index (χ0) is 21.9. The normalized spacial score (nSPS) is 25.6. The standard InChI is InChI=1S/C19H28N2O8/c1-10-7-21(18(25)20-15(10)23)16-14(27-9-11(2)26-6)13(12(8-22)28-16)29-17(24)19(3,4)5/h7-8,11-14,16H,9H2,1-6H3,(H,20,23,25)/t11-,12+,13?,14-,16+/m0/s1. The van der Waals surface area contributed by atoms with E-state index in [2.05, 4.69) is 4.98 Å². The van der Waals surface area contributed by atoms with E-state index in [0.29, 0.717) is 6.29 Å². The van der Waals surface area contributed by atoms with Crippen molar-refractivity contribution in [2.75, 3.05) is 13.7 Å². The third-order valence-electron chi connectivity index (χ3n) is 4.56. The first-order chi connectivity index (χ1) is 13.5. The summed E-state index contributed by atoms with van der Waals surface area (Å²) in [7, 11) is 1.51. The second kappa shape index (κ2) is 9.02. The van der Waals surface area contributed by atoms with E-state index in [1.165, 1.54) is 20.2 Å². The summed E-state index contributed by atoms with van der Waals surface area (Å²) in [4.78, 5) is 50.3. The van der Waals surface area contributed by atoms with Crippen molar-refractivity contribution in [2.24, 2.45) is 5.41 Å². The molecule has 0 bridgehead atoms. The SMILES string of the molecule is CO[C@@H](C)CO[C@H]1C(OC(=O)C(C)(C)C)[C@@H](C=O)O[C@H]1n1cc(C)c(=O)[nH]c1=O. The average molecular weight is 412 g/mol. The van der Waals surface area contributed by atoms with E-state index in [-0.39, 0.29) is 18.3 Å². The number of ether oxygens (including phenoxy) is 4. The summed E-state index contributed by atoms with van der Waals surface area (Å²) >= 11 is 0. The molecule has 2 heterocycles. The number of carbonyl (C=O) groups excluding carboxylic acids is 2. The summed E-state index contributed by atoms with van der Waals surface area (Å²) in [5, 5.41) is 0. The van der Waals surface area contributed by atoms with Gasteiger partial charge in [0.05, 0.1) is 18.1 Å². The summed E-state index contributed by atoms with van der Waals surface area (Å²) in [6, 6.07) is 0. The summed E-state index contributed by atoms with van der Waals surface area (Å²) < 4.78 is 23.4. The molecule has 1 fully saturated rings. The van der Waals surface area contributed by atoms with Gasteiger partial charge in [-0.25, -0.2) is 4.79 Å². The average Bonchev–Trinajstić information content (AvgIpc) is 2.99. The number of hydrogen-bond donors (Lipinski definition) is 1. The van der Waals surface area contributed by atoms with Crippen LogP contribution in [-0.4, -0.2) is 59.9 Å². The second-order valence-corrected chi connectivity index (χ2v) is 8.07. The van der Waals surface area contributed by atoms with Gasteiger partial charge in [0.25, 0.3) is 5.56 Å². The minimum atomic E-state index is -1.15. The van der Waals surface area contributed by atoms with E-state index in [0.717, 1.165) is 4.57 Å². The number of carbonyl (C=O) groups is 2. The summed E-state index contributed by atoms with van der Waals surface area (Å²) in [5.41, 5.74) is -1.81. The van der Waals surface area contributed by atoms with Crippen molar-refractivity contribution in [2.45, 2.75) is 65.3 Å². The number of rotatable bonds is 7. The molecular formula is C19H28N2O8. The second-order valence-electron chi connectivity index (χ2n) is 8.07. The number of aryl methyl sites for hydroxylation is 1. The molecule has 29 heavy (non-hydrogen) atoms. The van der Waals surface area contributed by atoms with Gasteiger partial charge < -0.3 is 23.7 Å². The van der Waals surface area contributed by atoms with Crippen LogP contribution < -0.4 is 11.2 Å². The number of H-pyrrole nitrogens is 1. The molecule has 5 atom stereocenters. The Kier molecular flexibility index (Phi) is 7.15. The van der Waals surface area contributed by atoms with E-state index in [1.54, 1.807) is 27.7 Å². The monoisotopic (exact) mass is 412 g/mol. The molecular weight excluding hydrogens is 384 g/mol. The van der Waals surface area contributed by atoms with Gasteiger partial charge in [0.1, 0.15) is 6.10 Å². The molecule has 0 aliphatic carbocycles. The van der Waals surface area contributed by atoms with Gasteiger partial charge in [0.15, 0.2) is 24.7 Å². The molecule has 1 aliphatic rings. The highest BCUT2D eigenvalue weighted by Gasteiger charge is 2.50. The Morgan fingerprint density at radius 1 is 1.34 bits per heavy atom. The van der Waals surface area contributed by atoms with Crippen LogP contribution in [0.3, 0.4) is 0 Å². The van der Waals surface area contributed by atoms with Crippen LogP contribution in [0.15, 0.2) is 15.8 Å². The molecule has 0 amide bonds. The van der Waals surface area contributed by atoms with Gasteiger partial charge in [-0.15, -0.1) is 0 Å². The van der Waals surface area contributed by atoms with E-state index in [4.69, 9.17) is 18.9 Å². The molecule has 1 N–H and O–H groups in total. The van der Waals surface area contributed by atoms with Gasteiger partial charge in [-0.3, -0.25) is 19.1 Å². The Hall–Kier alpha value is -2.30. The van der Waals surface area contributed by atoms with Crippen LogP contribution in [0, 0.1) is 12.3 Å². The fraction of sp³-hybridized carbons (Fsp3) is 0.684. The molecule has 2 rings (SSSR count). The molecule has 10 heteroatoms. The van der Waals surface area contributed by atoms with Gasteiger partial charge in [-0.1, -0.05) is 0 Å². The maximum atomic E-state index is 12.4. The number of aromatic amines is 1. The third kappa shape index (κ3) is 5.20.